The zero-order valence-corrected chi connectivity index (χ0v) is 12.3. The second-order valence-corrected chi connectivity index (χ2v) is 5.19. The maximum Gasteiger partial charge on any atom is 0.311 e. The minimum atomic E-state index is -0.593. The first kappa shape index (κ1) is 15.1. The number of nitrogens with zero attached hydrogens (tertiary/aromatic N) is 1. The molecule has 0 aliphatic rings. The van der Waals surface area contributed by atoms with Gasteiger partial charge in [0.1, 0.15) is 5.82 Å². The van der Waals surface area contributed by atoms with Crippen LogP contribution in [-0.2, 0) is 16.0 Å². The first-order valence-electron chi connectivity index (χ1n) is 6.08. The van der Waals surface area contributed by atoms with Crippen molar-refractivity contribution in [3.63, 3.8) is 0 Å². The summed E-state index contributed by atoms with van der Waals surface area (Å²) in [6.07, 6.45) is 0.0294. The molecule has 1 aromatic heterocycles. The lowest BCUT2D eigenvalue weighted by Crippen LogP contribution is -2.14. The van der Waals surface area contributed by atoms with Crippen LogP contribution in [0.3, 0.4) is 0 Å². The quantitative estimate of drug-likeness (QED) is 0.881. The number of amides is 1. The fourth-order valence-corrected chi connectivity index (χ4v) is 2.35. The Bertz CT molecular complexity index is 685. The lowest BCUT2D eigenvalue weighted by Gasteiger charge is -2.04. The van der Waals surface area contributed by atoms with Crippen LogP contribution in [0.15, 0.2) is 23.6 Å². The number of hydrogen-bond donors (Lipinski definition) is 1. The molecule has 1 amide bonds. The number of methoxy groups -OCH3 is 1. The van der Waals surface area contributed by atoms with Gasteiger partial charge in [-0.1, -0.05) is 11.6 Å². The molecule has 2 rings (SSSR count). The van der Waals surface area contributed by atoms with Crippen LogP contribution < -0.4 is 5.32 Å². The smallest absolute Gasteiger partial charge is 0.311 e. The molecule has 7 heteroatoms. The zero-order valence-electron chi connectivity index (χ0n) is 11.5. The molecular formula is C14H13FN2O3S. The van der Waals surface area contributed by atoms with Gasteiger partial charge in [0.2, 0.25) is 0 Å². The maximum absolute atomic E-state index is 13.6. The summed E-state index contributed by atoms with van der Waals surface area (Å²) in [7, 11) is 1.29. The van der Waals surface area contributed by atoms with Crippen LogP contribution in [-0.4, -0.2) is 24.0 Å². The van der Waals surface area contributed by atoms with E-state index in [1.54, 1.807) is 18.4 Å². The molecule has 2 aromatic rings. The molecule has 1 N–H and O–H groups in total. The van der Waals surface area contributed by atoms with Crippen molar-refractivity contribution >= 4 is 28.3 Å². The van der Waals surface area contributed by atoms with Gasteiger partial charge in [0, 0.05) is 5.38 Å². The Hall–Kier alpha value is -2.28. The van der Waals surface area contributed by atoms with Gasteiger partial charge in [-0.3, -0.25) is 14.9 Å². The number of rotatable bonds is 4. The number of carbonyl (C=O) groups is 2. The number of anilines is 1. The highest BCUT2D eigenvalue weighted by Gasteiger charge is 2.14. The van der Waals surface area contributed by atoms with Crippen LogP contribution >= 0.6 is 11.3 Å². The van der Waals surface area contributed by atoms with E-state index in [1.165, 1.54) is 19.2 Å². The normalized spacial score (nSPS) is 10.2. The highest BCUT2D eigenvalue weighted by atomic mass is 32.1. The molecule has 0 atom stereocenters. The summed E-state index contributed by atoms with van der Waals surface area (Å²) in [6, 6.07) is 4.30. The Balaban J connectivity index is 2.09. The summed E-state index contributed by atoms with van der Waals surface area (Å²) >= 11 is 1.16. The van der Waals surface area contributed by atoms with Gasteiger partial charge in [-0.2, -0.15) is 0 Å². The predicted molar refractivity (Wildman–Crippen MR) is 76.9 cm³/mol. The van der Waals surface area contributed by atoms with Gasteiger partial charge in [0.05, 0.1) is 24.8 Å². The van der Waals surface area contributed by atoms with Gasteiger partial charge in [-0.25, -0.2) is 9.37 Å². The molecule has 21 heavy (non-hydrogen) atoms. The Morgan fingerprint density at radius 3 is 2.90 bits per heavy atom. The molecule has 1 aromatic carbocycles. The SMILES string of the molecule is COC(=O)Cc1csc(NC(=O)c2cc(C)ccc2F)n1. The number of halogens is 1. The molecule has 5 nitrogen and oxygen atoms in total. The van der Waals surface area contributed by atoms with Gasteiger partial charge in [0.25, 0.3) is 5.91 Å². The van der Waals surface area contributed by atoms with Crippen molar-refractivity contribution in [2.45, 2.75) is 13.3 Å². The Morgan fingerprint density at radius 1 is 1.43 bits per heavy atom. The van der Waals surface area contributed by atoms with Crippen molar-refractivity contribution in [2.24, 2.45) is 0 Å². The third kappa shape index (κ3) is 3.85. The van der Waals surface area contributed by atoms with Crippen LogP contribution in [0, 0.1) is 12.7 Å². The molecule has 0 radical (unpaired) electrons. The second kappa shape index (κ2) is 6.45. The molecule has 0 saturated carbocycles. The van der Waals surface area contributed by atoms with E-state index in [2.05, 4.69) is 15.0 Å². The van der Waals surface area contributed by atoms with E-state index in [0.29, 0.717) is 10.8 Å². The molecule has 0 fully saturated rings. The highest BCUT2D eigenvalue weighted by molar-refractivity contribution is 7.14. The van der Waals surface area contributed by atoms with Crippen molar-refractivity contribution in [2.75, 3.05) is 12.4 Å². The molecule has 0 spiro atoms. The number of aryl methyl sites for hydroxylation is 1. The topological polar surface area (TPSA) is 68.3 Å². The maximum atomic E-state index is 13.6. The van der Waals surface area contributed by atoms with Crippen molar-refractivity contribution in [1.29, 1.82) is 0 Å². The Kier molecular flexibility index (Phi) is 4.64. The van der Waals surface area contributed by atoms with Gasteiger partial charge in [0.15, 0.2) is 5.13 Å². The number of nitrogens with one attached hydrogen (secondary N) is 1. The van der Waals surface area contributed by atoms with Gasteiger partial charge in [-0.15, -0.1) is 11.3 Å². The number of thiazole rings is 1. The predicted octanol–water partition coefficient (Wildman–Crippen LogP) is 2.56. The van der Waals surface area contributed by atoms with E-state index in [1.807, 2.05) is 0 Å². The summed E-state index contributed by atoms with van der Waals surface area (Å²) in [5.74, 6) is -1.58. The molecular weight excluding hydrogens is 295 g/mol. The molecule has 0 saturated heterocycles. The molecule has 0 aliphatic carbocycles. The fraction of sp³-hybridized carbons (Fsp3) is 0.214. The number of benzene rings is 1. The molecule has 0 aliphatic heterocycles. The van der Waals surface area contributed by atoms with Gasteiger partial charge in [-0.05, 0) is 19.1 Å². The van der Waals surface area contributed by atoms with Crippen LogP contribution in [0.1, 0.15) is 21.6 Å². The van der Waals surface area contributed by atoms with Crippen molar-refractivity contribution in [1.82, 2.24) is 4.98 Å². The fourth-order valence-electron chi connectivity index (χ4n) is 1.64. The second-order valence-electron chi connectivity index (χ2n) is 4.33. The average molecular weight is 308 g/mol. The number of ether oxygens (including phenoxy) is 1. The third-order valence-corrected chi connectivity index (χ3v) is 3.50. The number of carbonyl (C=O) groups excluding carboxylic acids is 2. The largest absolute Gasteiger partial charge is 0.469 e. The standard InChI is InChI=1S/C14H13FN2O3S/c1-8-3-4-11(15)10(5-8)13(19)17-14-16-9(7-21-14)6-12(18)20-2/h3-5,7H,6H2,1-2H3,(H,16,17,19). The number of hydrogen-bond acceptors (Lipinski definition) is 5. The van der Waals surface area contributed by atoms with Crippen LogP contribution in [0.2, 0.25) is 0 Å². The summed E-state index contributed by atoms with van der Waals surface area (Å²) in [5.41, 5.74) is 1.23. The van der Waals surface area contributed by atoms with E-state index in [-0.39, 0.29) is 12.0 Å². The highest BCUT2D eigenvalue weighted by Crippen LogP contribution is 2.18. The monoisotopic (exact) mass is 308 g/mol. The molecule has 0 unspecified atom stereocenters. The summed E-state index contributed by atoms with van der Waals surface area (Å²) in [5, 5.41) is 4.46. The van der Waals surface area contributed by atoms with Gasteiger partial charge < -0.3 is 4.74 Å². The van der Waals surface area contributed by atoms with Gasteiger partial charge >= 0.3 is 5.97 Å². The first-order chi connectivity index (χ1) is 9.99. The van der Waals surface area contributed by atoms with E-state index >= 15 is 0 Å². The first-order valence-corrected chi connectivity index (χ1v) is 6.96. The van der Waals surface area contributed by atoms with Crippen molar-refractivity contribution < 1.29 is 18.7 Å². The van der Waals surface area contributed by atoms with Crippen LogP contribution in [0.25, 0.3) is 0 Å². The summed E-state index contributed by atoms with van der Waals surface area (Å²) < 4.78 is 18.1. The lowest BCUT2D eigenvalue weighted by molar-refractivity contribution is -0.139. The molecule has 0 bridgehead atoms. The number of esters is 1. The minimum Gasteiger partial charge on any atom is -0.469 e. The van der Waals surface area contributed by atoms with Crippen molar-refractivity contribution in [3.8, 4) is 0 Å². The van der Waals surface area contributed by atoms with Crippen molar-refractivity contribution in [3.05, 3.63) is 46.2 Å². The summed E-state index contributed by atoms with van der Waals surface area (Å²) in [6.45, 7) is 1.77. The average Bonchev–Trinajstić information content (AvgIpc) is 2.88. The molecule has 110 valence electrons. The van der Waals surface area contributed by atoms with Crippen LogP contribution in [0.5, 0.6) is 0 Å². The summed E-state index contributed by atoms with van der Waals surface area (Å²) in [4.78, 5) is 27.2. The van der Waals surface area contributed by atoms with Crippen LogP contribution in [0.4, 0.5) is 9.52 Å². The lowest BCUT2D eigenvalue weighted by atomic mass is 10.1. The zero-order chi connectivity index (χ0) is 15.4. The Morgan fingerprint density at radius 2 is 2.19 bits per heavy atom. The van der Waals surface area contributed by atoms with E-state index in [9.17, 15) is 14.0 Å². The van der Waals surface area contributed by atoms with E-state index in [4.69, 9.17) is 0 Å². The third-order valence-electron chi connectivity index (χ3n) is 2.69. The minimum absolute atomic E-state index is 0.0294. The van der Waals surface area contributed by atoms with E-state index in [0.717, 1.165) is 16.9 Å². The number of aromatic nitrogens is 1. The molecule has 1 heterocycles. The van der Waals surface area contributed by atoms with E-state index < -0.39 is 17.7 Å². The Labute approximate surface area is 124 Å².